The maximum atomic E-state index is 14.5. The van der Waals surface area contributed by atoms with Crippen molar-refractivity contribution in [3.63, 3.8) is 0 Å². The number of benzene rings is 1. The highest BCUT2D eigenvalue weighted by Crippen LogP contribution is 2.31. The molecule has 0 aromatic heterocycles. The zero-order chi connectivity index (χ0) is 21.0. The van der Waals surface area contributed by atoms with Crippen molar-refractivity contribution in [2.45, 2.75) is 0 Å². The Kier molecular flexibility index (Phi) is 6.26. The molecule has 0 aliphatic carbocycles. The molecule has 0 saturated carbocycles. The van der Waals surface area contributed by atoms with Gasteiger partial charge in [-0.1, -0.05) is 0 Å². The number of β-amino-alcohol motifs (C(OH)–C–C–N with tert-alkyl or cyclic N) is 1. The van der Waals surface area contributed by atoms with Crippen molar-refractivity contribution in [2.24, 2.45) is 0 Å². The van der Waals surface area contributed by atoms with E-state index in [1.165, 1.54) is 0 Å². The minimum absolute atomic E-state index is 0.0804. The van der Waals surface area contributed by atoms with E-state index in [4.69, 9.17) is 5.11 Å². The van der Waals surface area contributed by atoms with Gasteiger partial charge in [0.25, 0.3) is 5.91 Å². The Morgan fingerprint density at radius 2 is 1.96 bits per heavy atom. The highest BCUT2D eigenvalue weighted by atomic mass is 19.1. The van der Waals surface area contributed by atoms with Crippen LogP contribution >= 0.6 is 0 Å². The number of halogens is 1. The molecule has 1 heterocycles. The van der Waals surface area contributed by atoms with E-state index >= 15 is 0 Å². The van der Waals surface area contributed by atoms with Gasteiger partial charge in [0, 0.05) is 12.6 Å². The summed E-state index contributed by atoms with van der Waals surface area (Å²) in [7, 11) is 2.05. The van der Waals surface area contributed by atoms with Gasteiger partial charge in [-0.25, -0.2) is 9.59 Å². The molecule has 28 heavy (non-hydrogen) atoms. The monoisotopic (exact) mass is 397 g/mol. The van der Waals surface area contributed by atoms with Crippen LogP contribution in [-0.4, -0.2) is 66.7 Å². The third-order valence-electron chi connectivity index (χ3n) is 3.92. The number of rotatable bonds is 7. The summed E-state index contributed by atoms with van der Waals surface area (Å²) in [6.07, 6.45) is 0. The summed E-state index contributed by atoms with van der Waals surface area (Å²) in [5.41, 5.74) is -2.51. The predicted molar refractivity (Wildman–Crippen MR) is 90.7 cm³/mol. The lowest BCUT2D eigenvalue weighted by atomic mass is 10.1. The molecule has 2 rings (SSSR count). The van der Waals surface area contributed by atoms with Gasteiger partial charge in [0.1, 0.15) is 11.3 Å². The fourth-order valence-corrected chi connectivity index (χ4v) is 2.60. The van der Waals surface area contributed by atoms with Gasteiger partial charge in [0.2, 0.25) is 5.82 Å². The second-order valence-corrected chi connectivity index (χ2v) is 5.49. The molecule has 1 aromatic carbocycles. The molecule has 0 radical (unpaired) electrons. The zero-order valence-electron chi connectivity index (χ0n) is 14.9. The first kappa shape index (κ1) is 20.8. The van der Waals surface area contributed by atoms with E-state index in [0.717, 1.165) is 31.3 Å². The molecule has 1 aliphatic heterocycles. The van der Waals surface area contributed by atoms with Crippen molar-refractivity contribution in [1.82, 2.24) is 4.90 Å². The number of methoxy groups -OCH3 is 2. The van der Waals surface area contributed by atoms with Gasteiger partial charge >= 0.3 is 17.6 Å². The number of aliphatic hydroxyl groups excluding tert-OH is 1. The number of nitrogens with one attached hydrogen (secondary N) is 1. The fraction of sp³-hybridized carbons (Fsp3) is 0.312. The van der Waals surface area contributed by atoms with Crippen LogP contribution in [0.4, 0.5) is 15.8 Å². The standard InChI is InChI=1S/C16H16FN3O8/c1-27-15(23)8-7-19(5-6-21)14(22)13(8)18-9-3-4-10(20(25)26)12(17)11(9)16(24)28-2/h3-4,18,21H,5-7H2,1-2H3. The molecule has 150 valence electrons. The third-order valence-corrected chi connectivity index (χ3v) is 3.92. The number of ether oxygens (including phenoxy) is 2. The minimum Gasteiger partial charge on any atom is -0.466 e. The zero-order valence-corrected chi connectivity index (χ0v) is 14.9. The summed E-state index contributed by atoms with van der Waals surface area (Å²) in [5, 5.41) is 22.5. The number of nitro benzene ring substituents is 1. The molecule has 0 fully saturated rings. The number of aliphatic hydroxyl groups is 1. The number of hydrogen-bond donors (Lipinski definition) is 2. The van der Waals surface area contributed by atoms with Gasteiger partial charge in [-0.05, 0) is 6.07 Å². The number of nitrogens with zero attached hydrogens (tertiary/aromatic N) is 2. The lowest BCUT2D eigenvalue weighted by Gasteiger charge is -2.16. The number of hydrogen-bond acceptors (Lipinski definition) is 9. The van der Waals surface area contributed by atoms with Crippen LogP contribution in [0, 0.1) is 15.9 Å². The Hall–Kier alpha value is -3.54. The first-order chi connectivity index (χ1) is 13.3. The van der Waals surface area contributed by atoms with E-state index in [2.05, 4.69) is 14.8 Å². The number of carbonyl (C=O) groups is 3. The van der Waals surface area contributed by atoms with Gasteiger partial charge in [0.15, 0.2) is 0 Å². The van der Waals surface area contributed by atoms with E-state index in [0.29, 0.717) is 0 Å². The Morgan fingerprint density at radius 3 is 2.50 bits per heavy atom. The number of nitro groups is 1. The SMILES string of the molecule is COC(=O)C1=C(Nc2ccc([N+](=O)[O-])c(F)c2C(=O)OC)C(=O)N(CCO)C1. The lowest BCUT2D eigenvalue weighted by Crippen LogP contribution is -2.31. The highest BCUT2D eigenvalue weighted by molar-refractivity contribution is 6.09. The van der Waals surface area contributed by atoms with Crippen LogP contribution in [0.2, 0.25) is 0 Å². The van der Waals surface area contributed by atoms with Gasteiger partial charge in [-0.15, -0.1) is 0 Å². The first-order valence-electron chi connectivity index (χ1n) is 7.80. The van der Waals surface area contributed by atoms with Gasteiger partial charge in [0.05, 0.1) is 43.6 Å². The Bertz CT molecular complexity index is 883. The summed E-state index contributed by atoms with van der Waals surface area (Å²) in [6, 6.07) is 1.81. The van der Waals surface area contributed by atoms with E-state index < -0.39 is 39.8 Å². The minimum atomic E-state index is -1.46. The second kappa shape index (κ2) is 8.43. The average molecular weight is 397 g/mol. The lowest BCUT2D eigenvalue weighted by molar-refractivity contribution is -0.387. The van der Waals surface area contributed by atoms with Crippen molar-refractivity contribution in [2.75, 3.05) is 39.2 Å². The Balaban J connectivity index is 2.57. The van der Waals surface area contributed by atoms with E-state index in [-0.39, 0.29) is 36.7 Å². The smallest absolute Gasteiger partial charge is 0.343 e. The summed E-state index contributed by atoms with van der Waals surface area (Å²) in [4.78, 5) is 47.5. The van der Waals surface area contributed by atoms with Gasteiger partial charge in [-0.2, -0.15) is 4.39 Å². The largest absolute Gasteiger partial charge is 0.466 e. The Morgan fingerprint density at radius 1 is 1.32 bits per heavy atom. The molecular weight excluding hydrogens is 381 g/mol. The van der Waals surface area contributed by atoms with E-state index in [9.17, 15) is 28.9 Å². The number of carbonyl (C=O) groups excluding carboxylic acids is 3. The summed E-state index contributed by atoms with van der Waals surface area (Å²) < 4.78 is 23.6. The number of esters is 2. The Labute approximate surface area is 157 Å². The predicted octanol–water partition coefficient (Wildman–Crippen LogP) is 0.194. The molecule has 0 unspecified atom stereocenters. The van der Waals surface area contributed by atoms with Crippen LogP contribution in [0.5, 0.6) is 0 Å². The van der Waals surface area contributed by atoms with E-state index in [1.807, 2.05) is 0 Å². The third kappa shape index (κ3) is 3.76. The molecule has 0 bridgehead atoms. The number of amides is 1. The normalized spacial score (nSPS) is 13.6. The van der Waals surface area contributed by atoms with Crippen LogP contribution in [0.15, 0.2) is 23.4 Å². The van der Waals surface area contributed by atoms with Crippen LogP contribution in [0.25, 0.3) is 0 Å². The fourth-order valence-electron chi connectivity index (χ4n) is 2.60. The molecule has 2 N–H and O–H groups in total. The van der Waals surface area contributed by atoms with Gasteiger partial charge in [-0.3, -0.25) is 14.9 Å². The molecule has 0 spiro atoms. The highest BCUT2D eigenvalue weighted by Gasteiger charge is 2.36. The van der Waals surface area contributed by atoms with Crippen molar-refractivity contribution in [1.29, 1.82) is 0 Å². The maximum Gasteiger partial charge on any atom is 0.343 e. The molecule has 1 amide bonds. The molecule has 1 aromatic rings. The second-order valence-electron chi connectivity index (χ2n) is 5.49. The average Bonchev–Trinajstić information content (AvgIpc) is 2.97. The summed E-state index contributed by atoms with van der Waals surface area (Å²) in [6.45, 7) is -0.631. The topological polar surface area (TPSA) is 148 Å². The van der Waals surface area contributed by atoms with Crippen LogP contribution in [-0.2, 0) is 19.1 Å². The van der Waals surface area contributed by atoms with Crippen molar-refractivity contribution >= 4 is 29.2 Å². The van der Waals surface area contributed by atoms with Crippen molar-refractivity contribution in [3.05, 3.63) is 44.9 Å². The molecule has 12 heteroatoms. The van der Waals surface area contributed by atoms with Crippen LogP contribution < -0.4 is 5.32 Å². The summed E-state index contributed by atoms with van der Waals surface area (Å²) in [5.74, 6) is -4.23. The quantitative estimate of drug-likeness (QED) is 0.374. The first-order valence-corrected chi connectivity index (χ1v) is 7.80. The molecule has 0 saturated heterocycles. The maximum absolute atomic E-state index is 14.5. The summed E-state index contributed by atoms with van der Waals surface area (Å²) >= 11 is 0. The van der Waals surface area contributed by atoms with Crippen molar-refractivity contribution < 1.29 is 38.3 Å². The van der Waals surface area contributed by atoms with Gasteiger partial charge < -0.3 is 24.8 Å². The van der Waals surface area contributed by atoms with E-state index in [1.54, 1.807) is 0 Å². The van der Waals surface area contributed by atoms with Crippen LogP contribution in [0.3, 0.4) is 0 Å². The molecule has 1 aliphatic rings. The van der Waals surface area contributed by atoms with Crippen molar-refractivity contribution in [3.8, 4) is 0 Å². The molecule has 0 atom stereocenters. The molecule has 11 nitrogen and oxygen atoms in total. The molecular formula is C16H16FN3O8. The van der Waals surface area contributed by atoms with Crippen LogP contribution in [0.1, 0.15) is 10.4 Å². The number of anilines is 1.